The average molecular weight is 344 g/mol. The van der Waals surface area contributed by atoms with Gasteiger partial charge in [0.05, 0.1) is 5.69 Å². The number of ether oxygens (including phenoxy) is 1. The van der Waals surface area contributed by atoms with Crippen LogP contribution in [0.1, 0.15) is 33.3 Å². The van der Waals surface area contributed by atoms with E-state index in [4.69, 9.17) is 4.74 Å². The molecule has 134 valence electrons. The van der Waals surface area contributed by atoms with Crippen LogP contribution in [0, 0.1) is 5.82 Å². The molecule has 0 aliphatic rings. The van der Waals surface area contributed by atoms with Crippen molar-refractivity contribution in [1.82, 2.24) is 0 Å². The lowest BCUT2D eigenvalue weighted by Gasteiger charge is -2.20. The molecule has 0 aliphatic carbocycles. The highest BCUT2D eigenvalue weighted by atomic mass is 19.1. The number of nitrogens with one attached hydrogen (secondary N) is 2. The number of amides is 1. The maximum atomic E-state index is 13.9. The molecular formula is C20H25FN2O2. The van der Waals surface area contributed by atoms with Gasteiger partial charge in [-0.1, -0.05) is 30.3 Å². The summed E-state index contributed by atoms with van der Waals surface area (Å²) in [7, 11) is 0. The number of carbonyl (C=O) groups is 1. The molecule has 0 spiro atoms. The Kier molecular flexibility index (Phi) is 6.02. The molecule has 0 saturated heterocycles. The monoisotopic (exact) mass is 344 g/mol. The average Bonchev–Trinajstić information content (AvgIpc) is 2.49. The molecule has 0 aliphatic heterocycles. The predicted octanol–water partition coefficient (Wildman–Crippen LogP) is 5.22. The molecule has 0 bridgehead atoms. The number of rotatable bonds is 5. The molecule has 2 N–H and O–H groups in total. The van der Waals surface area contributed by atoms with Crippen molar-refractivity contribution in [2.24, 2.45) is 0 Å². The van der Waals surface area contributed by atoms with Crippen LogP contribution in [-0.2, 0) is 11.2 Å². The third kappa shape index (κ3) is 6.45. The van der Waals surface area contributed by atoms with E-state index < -0.39 is 17.5 Å². The molecule has 25 heavy (non-hydrogen) atoms. The fraction of sp³-hybridized carbons (Fsp3) is 0.350. The van der Waals surface area contributed by atoms with Crippen molar-refractivity contribution in [1.29, 1.82) is 0 Å². The van der Waals surface area contributed by atoms with E-state index in [0.717, 1.165) is 12.1 Å². The predicted molar refractivity (Wildman–Crippen MR) is 99.5 cm³/mol. The summed E-state index contributed by atoms with van der Waals surface area (Å²) >= 11 is 0. The van der Waals surface area contributed by atoms with Crippen LogP contribution < -0.4 is 10.6 Å². The molecule has 0 fully saturated rings. The van der Waals surface area contributed by atoms with Crippen LogP contribution in [0.5, 0.6) is 0 Å². The number of anilines is 2. The van der Waals surface area contributed by atoms with E-state index in [1.807, 2.05) is 18.2 Å². The standard InChI is InChI=1S/C20H25FN2O2/c1-14(12-15-8-6-5-7-9-15)22-16-10-11-17(21)18(13-16)23-19(24)25-20(2,3)4/h5-11,13-14,22H,12H2,1-4H3,(H,23,24). The van der Waals surface area contributed by atoms with Gasteiger partial charge in [-0.05, 0) is 57.9 Å². The van der Waals surface area contributed by atoms with Crippen molar-refractivity contribution in [2.45, 2.75) is 45.8 Å². The summed E-state index contributed by atoms with van der Waals surface area (Å²) in [6.45, 7) is 7.32. The molecule has 2 aromatic carbocycles. The Morgan fingerprint density at radius 1 is 1.16 bits per heavy atom. The fourth-order valence-corrected chi connectivity index (χ4v) is 2.43. The number of hydrogen-bond acceptors (Lipinski definition) is 3. The Bertz CT molecular complexity index is 711. The van der Waals surface area contributed by atoms with Gasteiger partial charge >= 0.3 is 6.09 Å². The molecular weight excluding hydrogens is 319 g/mol. The Morgan fingerprint density at radius 3 is 2.48 bits per heavy atom. The summed E-state index contributed by atoms with van der Waals surface area (Å²) in [4.78, 5) is 11.8. The SMILES string of the molecule is CC(Cc1ccccc1)Nc1ccc(F)c(NC(=O)OC(C)(C)C)c1. The first-order chi connectivity index (χ1) is 11.7. The first-order valence-corrected chi connectivity index (χ1v) is 8.33. The van der Waals surface area contributed by atoms with E-state index in [1.165, 1.54) is 11.6 Å². The minimum Gasteiger partial charge on any atom is -0.444 e. The minimum atomic E-state index is -0.680. The van der Waals surface area contributed by atoms with Crippen LogP contribution in [0.15, 0.2) is 48.5 Å². The highest BCUT2D eigenvalue weighted by Gasteiger charge is 2.17. The van der Waals surface area contributed by atoms with Crippen molar-refractivity contribution < 1.29 is 13.9 Å². The summed E-state index contributed by atoms with van der Waals surface area (Å²) < 4.78 is 19.1. The van der Waals surface area contributed by atoms with E-state index >= 15 is 0 Å². The minimum absolute atomic E-state index is 0.0890. The van der Waals surface area contributed by atoms with Crippen LogP contribution in [0.4, 0.5) is 20.6 Å². The lowest BCUT2D eigenvalue weighted by atomic mass is 10.1. The summed E-state index contributed by atoms with van der Waals surface area (Å²) in [5.74, 6) is -0.507. The number of hydrogen-bond donors (Lipinski definition) is 2. The van der Waals surface area contributed by atoms with Gasteiger partial charge in [-0.3, -0.25) is 5.32 Å². The van der Waals surface area contributed by atoms with Crippen molar-refractivity contribution in [3.63, 3.8) is 0 Å². The lowest BCUT2D eigenvalue weighted by Crippen LogP contribution is -2.27. The molecule has 2 aromatic rings. The Hall–Kier alpha value is -2.56. The Labute approximate surface area is 148 Å². The highest BCUT2D eigenvalue weighted by Crippen LogP contribution is 2.22. The topological polar surface area (TPSA) is 50.4 Å². The van der Waals surface area contributed by atoms with E-state index in [1.54, 1.807) is 32.9 Å². The summed E-state index contributed by atoms with van der Waals surface area (Å²) in [5.41, 5.74) is 1.40. The van der Waals surface area contributed by atoms with Crippen molar-refractivity contribution in [2.75, 3.05) is 10.6 Å². The van der Waals surface area contributed by atoms with Crippen LogP contribution in [-0.4, -0.2) is 17.7 Å². The van der Waals surface area contributed by atoms with Gasteiger partial charge in [0.2, 0.25) is 0 Å². The molecule has 0 heterocycles. The Morgan fingerprint density at radius 2 is 1.84 bits per heavy atom. The molecule has 4 nitrogen and oxygen atoms in total. The Balaban J connectivity index is 2.01. The third-order valence-corrected chi connectivity index (χ3v) is 3.40. The zero-order valence-corrected chi connectivity index (χ0v) is 15.1. The maximum absolute atomic E-state index is 13.9. The normalized spacial score (nSPS) is 12.4. The molecule has 1 amide bonds. The van der Waals surface area contributed by atoms with E-state index in [2.05, 4.69) is 29.7 Å². The van der Waals surface area contributed by atoms with Crippen molar-refractivity contribution in [3.8, 4) is 0 Å². The zero-order chi connectivity index (χ0) is 18.4. The molecule has 5 heteroatoms. The van der Waals surface area contributed by atoms with Crippen LogP contribution in [0.2, 0.25) is 0 Å². The van der Waals surface area contributed by atoms with Gasteiger partial charge in [0, 0.05) is 11.7 Å². The number of carbonyl (C=O) groups excluding carboxylic acids is 1. The molecule has 2 rings (SSSR count). The maximum Gasteiger partial charge on any atom is 0.412 e. The molecule has 1 atom stereocenters. The second-order valence-corrected chi connectivity index (χ2v) is 7.06. The van der Waals surface area contributed by atoms with Crippen molar-refractivity contribution in [3.05, 3.63) is 59.9 Å². The van der Waals surface area contributed by atoms with Gasteiger partial charge in [0.1, 0.15) is 11.4 Å². The molecule has 0 saturated carbocycles. The smallest absolute Gasteiger partial charge is 0.412 e. The summed E-state index contributed by atoms with van der Waals surface area (Å²) in [6.07, 6.45) is 0.161. The second-order valence-electron chi connectivity index (χ2n) is 7.06. The van der Waals surface area contributed by atoms with E-state index in [9.17, 15) is 9.18 Å². The van der Waals surface area contributed by atoms with Gasteiger partial charge in [-0.25, -0.2) is 9.18 Å². The fourth-order valence-electron chi connectivity index (χ4n) is 2.43. The van der Waals surface area contributed by atoms with E-state index in [-0.39, 0.29) is 11.7 Å². The van der Waals surface area contributed by atoms with Gasteiger partial charge in [0.15, 0.2) is 0 Å². The van der Waals surface area contributed by atoms with Crippen molar-refractivity contribution >= 4 is 17.5 Å². The molecule has 0 radical (unpaired) electrons. The lowest BCUT2D eigenvalue weighted by molar-refractivity contribution is 0.0635. The van der Waals surface area contributed by atoms with Gasteiger partial charge < -0.3 is 10.1 Å². The van der Waals surface area contributed by atoms with Gasteiger partial charge in [-0.2, -0.15) is 0 Å². The van der Waals surface area contributed by atoms with Crippen LogP contribution in [0.25, 0.3) is 0 Å². The summed E-state index contributed by atoms with van der Waals surface area (Å²) in [5, 5.41) is 5.77. The summed E-state index contributed by atoms with van der Waals surface area (Å²) in [6, 6.07) is 14.8. The van der Waals surface area contributed by atoms with Gasteiger partial charge in [-0.15, -0.1) is 0 Å². The van der Waals surface area contributed by atoms with Crippen LogP contribution >= 0.6 is 0 Å². The number of benzene rings is 2. The van der Waals surface area contributed by atoms with Crippen LogP contribution in [0.3, 0.4) is 0 Å². The molecule has 1 unspecified atom stereocenters. The third-order valence-electron chi connectivity index (χ3n) is 3.40. The second kappa shape index (κ2) is 8.01. The first kappa shape index (κ1) is 18.8. The van der Waals surface area contributed by atoms with E-state index in [0.29, 0.717) is 0 Å². The molecule has 0 aromatic heterocycles. The van der Waals surface area contributed by atoms with Gasteiger partial charge in [0.25, 0.3) is 0 Å². The first-order valence-electron chi connectivity index (χ1n) is 8.33. The highest BCUT2D eigenvalue weighted by molar-refractivity contribution is 5.85. The quantitative estimate of drug-likeness (QED) is 0.782. The number of halogens is 1. The largest absolute Gasteiger partial charge is 0.444 e. The zero-order valence-electron chi connectivity index (χ0n) is 15.1.